The van der Waals surface area contributed by atoms with Crippen LogP contribution in [0.5, 0.6) is 5.75 Å². The number of methoxy groups -OCH3 is 1. The summed E-state index contributed by atoms with van der Waals surface area (Å²) in [4.78, 5) is 23.7. The molecule has 1 N–H and O–H groups in total. The van der Waals surface area contributed by atoms with E-state index in [1.165, 1.54) is 0 Å². The van der Waals surface area contributed by atoms with Gasteiger partial charge in [0.15, 0.2) is 5.78 Å². The van der Waals surface area contributed by atoms with Crippen LogP contribution in [0.4, 0.5) is 0 Å². The zero-order valence-electron chi connectivity index (χ0n) is 12.6. The van der Waals surface area contributed by atoms with Gasteiger partial charge < -0.3 is 14.4 Å². The highest BCUT2D eigenvalue weighted by molar-refractivity contribution is 6.11. The molecule has 0 aliphatic carbocycles. The second kappa shape index (κ2) is 5.60. The Labute approximate surface area is 123 Å². The number of aromatic nitrogens is 1. The van der Waals surface area contributed by atoms with Gasteiger partial charge in [-0.3, -0.25) is 9.59 Å². The molecule has 112 valence electrons. The second-order valence-electron chi connectivity index (χ2n) is 5.29. The van der Waals surface area contributed by atoms with Crippen LogP contribution in [0.2, 0.25) is 0 Å². The average Bonchev–Trinajstić information content (AvgIpc) is 2.82. The number of fused-ring (bicyclic) bond motifs is 1. The standard InChI is InChI=1S/C16H19NO4/c1-9(10(2)16(19)20)15(18)11-8-17(3)12-6-5-7-13(21-4)14(11)12/h5-10H,1-4H3,(H,19,20). The molecular formula is C16H19NO4. The summed E-state index contributed by atoms with van der Waals surface area (Å²) >= 11 is 0. The Morgan fingerprint density at radius 2 is 1.90 bits per heavy atom. The lowest BCUT2D eigenvalue weighted by Gasteiger charge is -2.14. The zero-order chi connectivity index (χ0) is 15.7. The number of aryl methyl sites for hydroxylation is 1. The van der Waals surface area contributed by atoms with Crippen LogP contribution in [-0.4, -0.2) is 28.5 Å². The summed E-state index contributed by atoms with van der Waals surface area (Å²) in [5.41, 5.74) is 1.39. The van der Waals surface area contributed by atoms with Crippen molar-refractivity contribution in [2.75, 3.05) is 7.11 Å². The van der Waals surface area contributed by atoms with Crippen molar-refractivity contribution in [3.8, 4) is 5.75 Å². The minimum Gasteiger partial charge on any atom is -0.496 e. The van der Waals surface area contributed by atoms with Crippen molar-refractivity contribution in [1.29, 1.82) is 0 Å². The Bertz CT molecular complexity index is 702. The summed E-state index contributed by atoms with van der Waals surface area (Å²) in [7, 11) is 3.41. The lowest BCUT2D eigenvalue weighted by molar-refractivity contribution is -0.142. The van der Waals surface area contributed by atoms with Crippen LogP contribution in [0.1, 0.15) is 24.2 Å². The molecule has 0 saturated carbocycles. The van der Waals surface area contributed by atoms with Gasteiger partial charge in [-0.25, -0.2) is 0 Å². The number of rotatable bonds is 5. The first kappa shape index (κ1) is 15.1. The third-order valence-electron chi connectivity index (χ3n) is 4.01. The highest BCUT2D eigenvalue weighted by Gasteiger charge is 2.29. The number of carboxylic acids is 1. The van der Waals surface area contributed by atoms with Crippen molar-refractivity contribution in [2.45, 2.75) is 13.8 Å². The third kappa shape index (κ3) is 2.51. The fourth-order valence-electron chi connectivity index (χ4n) is 2.46. The first-order valence-corrected chi connectivity index (χ1v) is 6.77. The van der Waals surface area contributed by atoms with Crippen LogP contribution in [0.15, 0.2) is 24.4 Å². The Balaban J connectivity index is 2.56. The molecule has 21 heavy (non-hydrogen) atoms. The molecule has 2 aromatic rings. The zero-order valence-corrected chi connectivity index (χ0v) is 12.6. The summed E-state index contributed by atoms with van der Waals surface area (Å²) in [6.45, 7) is 3.20. The molecule has 2 rings (SSSR count). The third-order valence-corrected chi connectivity index (χ3v) is 4.01. The Morgan fingerprint density at radius 3 is 2.48 bits per heavy atom. The van der Waals surface area contributed by atoms with Gasteiger partial charge >= 0.3 is 5.97 Å². The molecule has 2 atom stereocenters. The van der Waals surface area contributed by atoms with Gasteiger partial charge in [0.05, 0.1) is 23.9 Å². The van der Waals surface area contributed by atoms with Crippen LogP contribution < -0.4 is 4.74 Å². The molecule has 0 radical (unpaired) electrons. The summed E-state index contributed by atoms with van der Waals surface area (Å²) in [6, 6.07) is 5.56. The molecule has 0 amide bonds. The van der Waals surface area contributed by atoms with E-state index in [0.29, 0.717) is 11.3 Å². The quantitative estimate of drug-likeness (QED) is 0.859. The minimum atomic E-state index is -0.969. The fraction of sp³-hybridized carbons (Fsp3) is 0.375. The molecule has 1 aromatic heterocycles. The maximum atomic E-state index is 12.7. The van der Waals surface area contributed by atoms with Crippen LogP contribution >= 0.6 is 0 Å². The predicted molar refractivity (Wildman–Crippen MR) is 79.8 cm³/mol. The van der Waals surface area contributed by atoms with E-state index in [1.807, 2.05) is 23.7 Å². The minimum absolute atomic E-state index is 0.181. The molecule has 5 heteroatoms. The lowest BCUT2D eigenvalue weighted by Crippen LogP contribution is -2.25. The van der Waals surface area contributed by atoms with Crippen LogP contribution in [0, 0.1) is 11.8 Å². The monoisotopic (exact) mass is 289 g/mol. The molecule has 0 spiro atoms. The number of ketones is 1. The van der Waals surface area contributed by atoms with Crippen molar-refractivity contribution in [1.82, 2.24) is 4.57 Å². The smallest absolute Gasteiger partial charge is 0.306 e. The molecular weight excluding hydrogens is 270 g/mol. The molecule has 0 bridgehead atoms. The van der Waals surface area contributed by atoms with Crippen LogP contribution in [-0.2, 0) is 11.8 Å². The van der Waals surface area contributed by atoms with Gasteiger partial charge in [0, 0.05) is 24.7 Å². The Hall–Kier alpha value is -2.30. The number of benzene rings is 1. The Morgan fingerprint density at radius 1 is 1.24 bits per heavy atom. The largest absolute Gasteiger partial charge is 0.496 e. The van der Waals surface area contributed by atoms with Gasteiger partial charge in [-0.15, -0.1) is 0 Å². The van der Waals surface area contributed by atoms with Crippen molar-refractivity contribution < 1.29 is 19.4 Å². The summed E-state index contributed by atoms with van der Waals surface area (Å²) in [5.74, 6) is -1.87. The van der Waals surface area contributed by atoms with Gasteiger partial charge in [-0.1, -0.05) is 19.9 Å². The number of carbonyl (C=O) groups is 2. The molecule has 0 aliphatic rings. The molecule has 1 aromatic carbocycles. The molecule has 1 heterocycles. The van der Waals surface area contributed by atoms with E-state index >= 15 is 0 Å². The van der Waals surface area contributed by atoms with Crippen molar-refractivity contribution in [2.24, 2.45) is 18.9 Å². The summed E-state index contributed by atoms with van der Waals surface area (Å²) in [6.07, 6.45) is 1.74. The molecule has 0 aliphatic heterocycles. The lowest BCUT2D eigenvalue weighted by atomic mass is 9.88. The van der Waals surface area contributed by atoms with E-state index in [9.17, 15) is 9.59 Å². The predicted octanol–water partition coefficient (Wildman–Crippen LogP) is 2.73. The molecule has 0 saturated heterocycles. The van der Waals surface area contributed by atoms with Crippen LogP contribution in [0.3, 0.4) is 0 Å². The number of hydrogen-bond donors (Lipinski definition) is 1. The van der Waals surface area contributed by atoms with Gasteiger partial charge in [-0.05, 0) is 12.1 Å². The normalized spacial score (nSPS) is 13.9. The van der Waals surface area contributed by atoms with E-state index in [0.717, 1.165) is 10.9 Å². The van der Waals surface area contributed by atoms with E-state index in [4.69, 9.17) is 9.84 Å². The maximum absolute atomic E-state index is 12.7. The van der Waals surface area contributed by atoms with Crippen molar-refractivity contribution >= 4 is 22.7 Å². The summed E-state index contributed by atoms with van der Waals surface area (Å²) < 4.78 is 7.19. The van der Waals surface area contributed by atoms with Gasteiger partial charge in [0.25, 0.3) is 0 Å². The average molecular weight is 289 g/mol. The highest BCUT2D eigenvalue weighted by atomic mass is 16.5. The number of ether oxygens (including phenoxy) is 1. The first-order chi connectivity index (χ1) is 9.88. The fourth-order valence-corrected chi connectivity index (χ4v) is 2.46. The van der Waals surface area contributed by atoms with Crippen LogP contribution in [0.25, 0.3) is 10.9 Å². The number of aliphatic carboxylic acids is 1. The number of Topliss-reactive ketones (excluding diaryl/α,β-unsaturated/α-hetero) is 1. The number of carbonyl (C=O) groups excluding carboxylic acids is 1. The Kier molecular flexibility index (Phi) is 4.02. The topological polar surface area (TPSA) is 68.5 Å². The van der Waals surface area contributed by atoms with Gasteiger partial charge in [0.1, 0.15) is 5.75 Å². The highest BCUT2D eigenvalue weighted by Crippen LogP contribution is 2.32. The first-order valence-electron chi connectivity index (χ1n) is 6.77. The van der Waals surface area contributed by atoms with E-state index in [-0.39, 0.29) is 5.78 Å². The number of hydrogen-bond acceptors (Lipinski definition) is 3. The molecule has 0 fully saturated rings. The van der Waals surface area contributed by atoms with Crippen molar-refractivity contribution in [3.63, 3.8) is 0 Å². The number of nitrogens with zero attached hydrogens (tertiary/aromatic N) is 1. The SMILES string of the molecule is COc1cccc2c1c(C(=O)C(C)C(C)C(=O)O)cn2C. The van der Waals surface area contributed by atoms with Gasteiger partial charge in [-0.2, -0.15) is 0 Å². The number of carboxylic acid groups (broad SMARTS) is 1. The van der Waals surface area contributed by atoms with E-state index in [2.05, 4.69) is 0 Å². The molecule has 2 unspecified atom stereocenters. The second-order valence-corrected chi connectivity index (χ2v) is 5.29. The van der Waals surface area contributed by atoms with Gasteiger partial charge in [0.2, 0.25) is 0 Å². The molecule has 5 nitrogen and oxygen atoms in total. The summed E-state index contributed by atoms with van der Waals surface area (Å²) in [5, 5.41) is 9.82. The van der Waals surface area contributed by atoms with E-state index in [1.54, 1.807) is 33.2 Å². The van der Waals surface area contributed by atoms with E-state index < -0.39 is 17.8 Å². The maximum Gasteiger partial charge on any atom is 0.306 e. The van der Waals surface area contributed by atoms with Crippen molar-refractivity contribution in [3.05, 3.63) is 30.0 Å².